The highest BCUT2D eigenvalue weighted by molar-refractivity contribution is 5.69. The Balaban J connectivity index is 1.69. The van der Waals surface area contributed by atoms with E-state index < -0.39 is 17.1 Å². The van der Waals surface area contributed by atoms with E-state index in [0.29, 0.717) is 29.9 Å². The Kier molecular flexibility index (Phi) is 7.18. The van der Waals surface area contributed by atoms with Gasteiger partial charge < -0.3 is 25.6 Å². The Morgan fingerprint density at radius 2 is 2.05 bits per heavy atom. The van der Waals surface area contributed by atoms with Crippen LogP contribution in [0.1, 0.15) is 82.3 Å². The summed E-state index contributed by atoms with van der Waals surface area (Å²) in [5.41, 5.74) is 8.37. The molecular formula is C30H37N5O4. The first kappa shape index (κ1) is 28.1. The number of hydrogen-bond acceptors (Lipinski definition) is 7. The van der Waals surface area contributed by atoms with Crippen LogP contribution in [-0.4, -0.2) is 32.5 Å². The normalized spacial score (nSPS) is 24.1. The fourth-order valence-electron chi connectivity index (χ4n) is 5.81. The van der Waals surface area contributed by atoms with Gasteiger partial charge in [0.25, 0.3) is 0 Å². The van der Waals surface area contributed by atoms with Crippen molar-refractivity contribution in [3.8, 4) is 23.8 Å². The largest absolute Gasteiger partial charge is 0.444 e. The lowest BCUT2D eigenvalue weighted by Gasteiger charge is -2.43. The molecule has 1 aliphatic heterocycles. The molecule has 1 saturated carbocycles. The number of hydrogen-bond donors (Lipinski definition) is 4. The van der Waals surface area contributed by atoms with Crippen molar-refractivity contribution in [1.29, 1.82) is 5.26 Å². The Morgan fingerprint density at radius 1 is 1.36 bits per heavy atom. The molecule has 0 bridgehead atoms. The minimum absolute atomic E-state index is 0.0125. The minimum atomic E-state index is -0.947. The maximum Gasteiger partial charge on any atom is 0.408 e. The highest BCUT2D eigenvalue weighted by Gasteiger charge is 2.51. The van der Waals surface area contributed by atoms with Crippen LogP contribution in [0.3, 0.4) is 0 Å². The van der Waals surface area contributed by atoms with E-state index in [1.165, 1.54) is 0 Å². The number of amides is 1. The Hall–Kier alpha value is -3.95. The zero-order valence-electron chi connectivity index (χ0n) is 23.7. The van der Waals surface area contributed by atoms with Crippen LogP contribution in [-0.2, 0) is 16.8 Å². The van der Waals surface area contributed by atoms with Crippen molar-refractivity contribution in [3.63, 3.8) is 0 Å². The molecule has 5 N–H and O–H groups in total. The van der Waals surface area contributed by atoms with Crippen molar-refractivity contribution < 1.29 is 19.4 Å². The summed E-state index contributed by atoms with van der Waals surface area (Å²) in [5, 5.41) is 30.6. The first-order chi connectivity index (χ1) is 18.2. The molecule has 9 nitrogen and oxygen atoms in total. The molecule has 2 aliphatic rings. The van der Waals surface area contributed by atoms with E-state index in [4.69, 9.17) is 15.2 Å². The number of nitrogens with one attached hydrogen (secondary N) is 2. The van der Waals surface area contributed by atoms with Gasteiger partial charge in [0.2, 0.25) is 11.8 Å². The maximum atomic E-state index is 12.2. The van der Waals surface area contributed by atoms with Crippen LogP contribution < -0.4 is 15.8 Å². The summed E-state index contributed by atoms with van der Waals surface area (Å²) in [6, 6.07) is 7.99. The lowest BCUT2D eigenvalue weighted by Crippen LogP contribution is -2.55. The number of aliphatic hydroxyl groups excluding tert-OH is 1. The number of carbonyl (C=O) groups excluding carboxylic acids is 1. The number of aliphatic hydroxyl groups is 1. The van der Waals surface area contributed by atoms with Crippen LogP contribution >= 0.6 is 0 Å². The van der Waals surface area contributed by atoms with Gasteiger partial charge in [-0.3, -0.25) is 5.10 Å². The third kappa shape index (κ3) is 5.20. The molecule has 206 valence electrons. The molecule has 1 fully saturated rings. The van der Waals surface area contributed by atoms with E-state index in [1.807, 2.05) is 66.7 Å². The predicted molar refractivity (Wildman–Crippen MR) is 146 cm³/mol. The molecule has 2 aromatic rings. The van der Waals surface area contributed by atoms with E-state index in [-0.39, 0.29) is 29.9 Å². The summed E-state index contributed by atoms with van der Waals surface area (Å²) in [5.74, 6) is 6.94. The molecule has 39 heavy (non-hydrogen) atoms. The summed E-state index contributed by atoms with van der Waals surface area (Å²) >= 11 is 0. The summed E-state index contributed by atoms with van der Waals surface area (Å²) in [7, 11) is 0. The highest BCUT2D eigenvalue weighted by Crippen LogP contribution is 2.52. The van der Waals surface area contributed by atoms with Crippen LogP contribution in [0, 0.1) is 41.9 Å². The summed E-state index contributed by atoms with van der Waals surface area (Å²) in [6.07, 6.45) is 0.977. The van der Waals surface area contributed by atoms with Gasteiger partial charge in [0.1, 0.15) is 17.2 Å². The number of allylic oxidation sites excluding steroid dienone is 1. The van der Waals surface area contributed by atoms with E-state index in [2.05, 4.69) is 33.4 Å². The molecule has 9 heteroatoms. The van der Waals surface area contributed by atoms with Crippen molar-refractivity contribution >= 4 is 6.09 Å². The van der Waals surface area contributed by atoms with Gasteiger partial charge in [-0.1, -0.05) is 31.8 Å². The van der Waals surface area contributed by atoms with Gasteiger partial charge in [0, 0.05) is 22.7 Å². The van der Waals surface area contributed by atoms with Crippen molar-refractivity contribution in [2.75, 3.05) is 0 Å². The zero-order chi connectivity index (χ0) is 28.8. The van der Waals surface area contributed by atoms with E-state index in [0.717, 1.165) is 22.4 Å². The number of nitrogens with two attached hydrogens (primary N) is 1. The Labute approximate surface area is 229 Å². The van der Waals surface area contributed by atoms with Gasteiger partial charge in [0.05, 0.1) is 17.6 Å². The first-order valence-electron chi connectivity index (χ1n) is 13.1. The first-order valence-corrected chi connectivity index (χ1v) is 13.1. The smallest absolute Gasteiger partial charge is 0.408 e. The molecule has 0 radical (unpaired) electrons. The van der Waals surface area contributed by atoms with Gasteiger partial charge >= 0.3 is 6.09 Å². The molecule has 0 saturated heterocycles. The van der Waals surface area contributed by atoms with E-state index in [9.17, 15) is 15.2 Å². The van der Waals surface area contributed by atoms with Gasteiger partial charge in [-0.05, 0) is 76.6 Å². The number of rotatable bonds is 4. The number of H-pyrrole nitrogens is 1. The van der Waals surface area contributed by atoms with Crippen molar-refractivity contribution in [1.82, 2.24) is 15.5 Å². The molecule has 1 atom stereocenters. The maximum absolute atomic E-state index is 12.2. The third-order valence-electron chi connectivity index (χ3n) is 7.38. The quantitative estimate of drug-likeness (QED) is 0.431. The second-order valence-corrected chi connectivity index (χ2v) is 12.1. The third-order valence-corrected chi connectivity index (χ3v) is 7.38. The van der Waals surface area contributed by atoms with Crippen LogP contribution in [0.2, 0.25) is 0 Å². The second-order valence-electron chi connectivity index (χ2n) is 12.1. The van der Waals surface area contributed by atoms with Crippen LogP contribution in [0.15, 0.2) is 29.7 Å². The summed E-state index contributed by atoms with van der Waals surface area (Å²) in [6.45, 7) is 13.2. The zero-order valence-corrected chi connectivity index (χ0v) is 23.7. The van der Waals surface area contributed by atoms with E-state index in [1.54, 1.807) is 0 Å². The highest BCUT2D eigenvalue weighted by atomic mass is 16.6. The number of aromatic nitrogens is 2. The Morgan fingerprint density at radius 3 is 2.64 bits per heavy atom. The average molecular weight is 532 g/mol. The van der Waals surface area contributed by atoms with Crippen molar-refractivity contribution in [2.24, 2.45) is 17.6 Å². The molecule has 1 unspecified atom stereocenters. The number of carbonyl (C=O) groups is 1. The standard InChI is InChI=1S/C30H37N5O4/c1-17(2)30(23(15-31)25(32)38-26-24(30)18(3)34-35-26)22-11-19(10-21(12-22)16-36)8-9-20-13-29(7,14-20)33-27(37)39-28(4,5)6/h10-12,17,20,36H,13-14,16,32H2,1-7H3,(H,33,37)(H,34,35). The lowest BCUT2D eigenvalue weighted by molar-refractivity contribution is 0.0370. The fourth-order valence-corrected chi connectivity index (χ4v) is 5.81. The molecule has 4 rings (SSSR count). The monoisotopic (exact) mass is 531 g/mol. The van der Waals surface area contributed by atoms with Gasteiger partial charge in [-0.15, -0.1) is 5.10 Å². The average Bonchev–Trinajstić information content (AvgIpc) is 3.18. The van der Waals surface area contributed by atoms with Crippen LogP contribution in [0.5, 0.6) is 5.88 Å². The molecular weight excluding hydrogens is 494 g/mol. The number of nitriles is 1. The topological polar surface area (TPSA) is 146 Å². The SMILES string of the molecule is Cc1[nH]nc2c1C(c1cc(C#CC3CC(C)(NC(=O)OC(C)(C)C)C3)cc(CO)c1)(C(C)C)C(C#N)=C(N)O2. The van der Waals surface area contributed by atoms with Crippen LogP contribution in [0.4, 0.5) is 4.79 Å². The minimum Gasteiger partial charge on any atom is -0.444 e. The number of aryl methyl sites for hydroxylation is 1. The number of benzene rings is 1. The van der Waals surface area contributed by atoms with Gasteiger partial charge in [-0.25, -0.2) is 4.79 Å². The summed E-state index contributed by atoms with van der Waals surface area (Å²) in [4.78, 5) is 12.2. The predicted octanol–water partition coefficient (Wildman–Crippen LogP) is 4.28. The number of fused-ring (bicyclic) bond motifs is 1. The summed E-state index contributed by atoms with van der Waals surface area (Å²) < 4.78 is 11.1. The fraction of sp³-hybridized carbons (Fsp3) is 0.500. The number of alkyl carbamates (subject to hydrolysis) is 1. The molecule has 1 aliphatic carbocycles. The number of aromatic amines is 1. The second kappa shape index (κ2) is 9.98. The van der Waals surface area contributed by atoms with Gasteiger partial charge in [0.15, 0.2) is 0 Å². The van der Waals surface area contributed by atoms with Gasteiger partial charge in [-0.2, -0.15) is 5.26 Å². The van der Waals surface area contributed by atoms with Crippen molar-refractivity contribution in [3.05, 3.63) is 57.6 Å². The van der Waals surface area contributed by atoms with Crippen molar-refractivity contribution in [2.45, 2.75) is 84.5 Å². The molecule has 1 amide bonds. The lowest BCUT2D eigenvalue weighted by atomic mass is 9.61. The molecule has 1 aromatic carbocycles. The Bertz CT molecular complexity index is 1420. The number of ether oxygens (including phenoxy) is 2. The van der Waals surface area contributed by atoms with Crippen LogP contribution in [0.25, 0.3) is 0 Å². The molecule has 2 heterocycles. The van der Waals surface area contributed by atoms with E-state index >= 15 is 0 Å². The molecule has 0 spiro atoms. The molecule has 1 aromatic heterocycles. The number of nitrogens with zero attached hydrogens (tertiary/aromatic N) is 2.